The molecular weight excluding hydrogens is 194 g/mol. The highest BCUT2D eigenvalue weighted by Crippen LogP contribution is 2.36. The summed E-state index contributed by atoms with van der Waals surface area (Å²) in [6.45, 7) is 0.387. The Bertz CT molecular complexity index is 291. The third-order valence-electron chi connectivity index (χ3n) is 1.63. The Morgan fingerprint density at radius 3 is 2.23 bits per heavy atom. The largest absolute Gasteiger partial charge is 0.504 e. The number of hydrogen-bond acceptors (Lipinski definition) is 4. The lowest BCUT2D eigenvalue weighted by Crippen LogP contribution is -2.02. The maximum atomic E-state index is 9.24. The van der Waals surface area contributed by atoms with Gasteiger partial charge in [-0.25, -0.2) is 0 Å². The lowest BCUT2D eigenvalue weighted by atomic mass is 10.1. The van der Waals surface area contributed by atoms with Gasteiger partial charge in [0.2, 0.25) is 5.75 Å². The summed E-state index contributed by atoms with van der Waals surface area (Å²) >= 11 is 0. The Morgan fingerprint density at radius 1 is 1.08 bits per heavy atom. The van der Waals surface area contributed by atoms with Gasteiger partial charge < -0.3 is 21.1 Å². The van der Waals surface area contributed by atoms with Crippen LogP contribution < -0.4 is 5.73 Å². The average molecular weight is 206 g/mol. The Hall–Kier alpha value is -1.13. The molecule has 0 radical (unpaired) electrons. The summed E-state index contributed by atoms with van der Waals surface area (Å²) < 4.78 is 0. The van der Waals surface area contributed by atoms with Crippen molar-refractivity contribution in [3.05, 3.63) is 17.7 Å². The van der Waals surface area contributed by atoms with Gasteiger partial charge in [-0.3, -0.25) is 0 Å². The number of phenolic OH excluding ortho intramolecular Hbond substituents is 3. The minimum atomic E-state index is -0.485. The summed E-state index contributed by atoms with van der Waals surface area (Å²) in [4.78, 5) is 0. The van der Waals surface area contributed by atoms with Gasteiger partial charge in [0.05, 0.1) is 0 Å². The van der Waals surface area contributed by atoms with E-state index in [1.165, 1.54) is 12.1 Å². The van der Waals surface area contributed by atoms with E-state index in [0.29, 0.717) is 18.5 Å². The highest BCUT2D eigenvalue weighted by Gasteiger charge is 2.09. The van der Waals surface area contributed by atoms with Gasteiger partial charge in [0, 0.05) is 0 Å². The molecule has 0 atom stereocenters. The molecule has 0 aliphatic rings. The zero-order valence-corrected chi connectivity index (χ0v) is 7.71. The first-order chi connectivity index (χ1) is 5.66. The van der Waals surface area contributed by atoms with E-state index in [-0.39, 0.29) is 23.9 Å². The fourth-order valence-corrected chi connectivity index (χ4v) is 0.968. The zero-order valence-electron chi connectivity index (χ0n) is 6.90. The molecule has 4 nitrogen and oxygen atoms in total. The van der Waals surface area contributed by atoms with Gasteiger partial charge >= 0.3 is 0 Å². The molecule has 0 heterocycles. The van der Waals surface area contributed by atoms with E-state index in [4.69, 9.17) is 15.9 Å². The number of rotatable bonds is 2. The van der Waals surface area contributed by atoms with Crippen molar-refractivity contribution in [1.29, 1.82) is 0 Å². The number of aromatic hydroxyl groups is 3. The molecule has 0 aliphatic carbocycles. The van der Waals surface area contributed by atoms with Crippen LogP contribution in [0.5, 0.6) is 17.2 Å². The van der Waals surface area contributed by atoms with Crippen LogP contribution in [0.15, 0.2) is 12.1 Å². The molecule has 0 aliphatic heterocycles. The van der Waals surface area contributed by atoms with Crippen LogP contribution in [0.3, 0.4) is 0 Å². The predicted octanol–water partition coefficient (Wildman–Crippen LogP) is 0.726. The van der Waals surface area contributed by atoms with Gasteiger partial charge in [0.1, 0.15) is 0 Å². The van der Waals surface area contributed by atoms with E-state index in [0.717, 1.165) is 0 Å². The van der Waals surface area contributed by atoms with Crippen LogP contribution in [0.4, 0.5) is 0 Å². The maximum Gasteiger partial charge on any atom is 0.200 e. The molecule has 1 aromatic carbocycles. The van der Waals surface area contributed by atoms with Crippen LogP contribution in [0.25, 0.3) is 0 Å². The summed E-state index contributed by atoms with van der Waals surface area (Å²) in [6, 6.07) is 2.84. The second-order valence-electron chi connectivity index (χ2n) is 2.48. The number of halogens is 1. The van der Waals surface area contributed by atoms with E-state index >= 15 is 0 Å². The Morgan fingerprint density at radius 2 is 1.69 bits per heavy atom. The lowest BCUT2D eigenvalue weighted by Gasteiger charge is -2.05. The molecule has 0 fully saturated rings. The molecule has 1 rings (SSSR count). The molecule has 0 amide bonds. The lowest BCUT2D eigenvalue weighted by molar-refractivity contribution is 0.365. The fraction of sp³-hybridized carbons (Fsp3) is 0.250. The molecule has 0 bridgehead atoms. The Labute approximate surface area is 82.0 Å². The molecule has 13 heavy (non-hydrogen) atoms. The molecular formula is C8H12ClNO3. The average Bonchev–Trinajstić information content (AvgIpc) is 2.07. The standard InChI is InChI=1S/C8H11NO3.ClH/c9-4-3-5-1-2-6(10)8(12)7(5)11;/h1-2,10-12H,3-4,9H2;1H. The molecule has 0 unspecified atom stereocenters. The summed E-state index contributed by atoms with van der Waals surface area (Å²) in [5.74, 6) is -1.10. The van der Waals surface area contributed by atoms with Crippen LogP contribution in [0.2, 0.25) is 0 Å². The van der Waals surface area contributed by atoms with Crippen molar-refractivity contribution in [3.63, 3.8) is 0 Å². The van der Waals surface area contributed by atoms with Gasteiger partial charge in [-0.15, -0.1) is 12.4 Å². The van der Waals surface area contributed by atoms with Crippen molar-refractivity contribution in [2.24, 2.45) is 5.73 Å². The minimum absolute atomic E-state index is 0. The van der Waals surface area contributed by atoms with E-state index in [2.05, 4.69) is 0 Å². The minimum Gasteiger partial charge on any atom is -0.504 e. The van der Waals surface area contributed by atoms with Gasteiger partial charge in [-0.05, 0) is 24.6 Å². The van der Waals surface area contributed by atoms with Crippen molar-refractivity contribution in [1.82, 2.24) is 0 Å². The zero-order chi connectivity index (χ0) is 9.14. The second kappa shape index (κ2) is 4.79. The Kier molecular flexibility index (Phi) is 4.37. The number of nitrogens with two attached hydrogens (primary N) is 1. The van der Waals surface area contributed by atoms with E-state index in [1.807, 2.05) is 0 Å². The molecule has 1 aromatic rings. The van der Waals surface area contributed by atoms with E-state index in [1.54, 1.807) is 0 Å². The smallest absolute Gasteiger partial charge is 0.200 e. The van der Waals surface area contributed by atoms with Gasteiger partial charge in [-0.1, -0.05) is 6.07 Å². The summed E-state index contributed by atoms with van der Waals surface area (Å²) in [5.41, 5.74) is 5.80. The second-order valence-corrected chi connectivity index (χ2v) is 2.48. The van der Waals surface area contributed by atoms with Gasteiger partial charge in [0.25, 0.3) is 0 Å². The van der Waals surface area contributed by atoms with Crippen molar-refractivity contribution in [2.75, 3.05) is 6.54 Å². The molecule has 0 spiro atoms. The van der Waals surface area contributed by atoms with Crippen molar-refractivity contribution in [2.45, 2.75) is 6.42 Å². The number of hydrogen-bond donors (Lipinski definition) is 4. The predicted molar refractivity (Wildman–Crippen MR) is 51.4 cm³/mol. The van der Waals surface area contributed by atoms with Crippen molar-refractivity contribution >= 4 is 12.4 Å². The first kappa shape index (κ1) is 11.9. The molecule has 5 N–H and O–H groups in total. The van der Waals surface area contributed by atoms with E-state index < -0.39 is 5.75 Å². The van der Waals surface area contributed by atoms with Gasteiger partial charge in [-0.2, -0.15) is 0 Å². The topological polar surface area (TPSA) is 86.7 Å². The third-order valence-corrected chi connectivity index (χ3v) is 1.63. The van der Waals surface area contributed by atoms with E-state index in [9.17, 15) is 5.11 Å². The molecule has 5 heteroatoms. The monoisotopic (exact) mass is 205 g/mol. The quantitative estimate of drug-likeness (QED) is 0.536. The van der Waals surface area contributed by atoms with Crippen molar-refractivity contribution < 1.29 is 15.3 Å². The third kappa shape index (κ3) is 2.40. The molecule has 0 saturated heterocycles. The summed E-state index contributed by atoms with van der Waals surface area (Å²) in [7, 11) is 0. The highest BCUT2D eigenvalue weighted by atomic mass is 35.5. The first-order valence-corrected chi connectivity index (χ1v) is 3.59. The first-order valence-electron chi connectivity index (χ1n) is 3.59. The van der Waals surface area contributed by atoms with Crippen LogP contribution in [-0.2, 0) is 6.42 Å². The number of phenols is 3. The SMILES string of the molecule is Cl.NCCc1ccc(O)c(O)c1O. The fourth-order valence-electron chi connectivity index (χ4n) is 0.968. The van der Waals surface area contributed by atoms with Gasteiger partial charge in [0.15, 0.2) is 11.5 Å². The number of benzene rings is 1. The maximum absolute atomic E-state index is 9.24. The van der Waals surface area contributed by atoms with Crippen LogP contribution >= 0.6 is 12.4 Å². The normalized spacial score (nSPS) is 9.31. The summed E-state index contributed by atoms with van der Waals surface area (Å²) in [6.07, 6.45) is 0.472. The Balaban J connectivity index is 0.00000144. The van der Waals surface area contributed by atoms with Crippen LogP contribution in [0.1, 0.15) is 5.56 Å². The van der Waals surface area contributed by atoms with Crippen molar-refractivity contribution in [3.8, 4) is 17.2 Å². The molecule has 0 saturated carbocycles. The molecule has 74 valence electrons. The van der Waals surface area contributed by atoms with Crippen LogP contribution in [0, 0.1) is 0 Å². The van der Waals surface area contributed by atoms with Crippen LogP contribution in [-0.4, -0.2) is 21.9 Å². The summed E-state index contributed by atoms with van der Waals surface area (Å²) in [5, 5.41) is 27.3. The highest BCUT2D eigenvalue weighted by molar-refractivity contribution is 5.85. The molecule has 0 aromatic heterocycles.